The van der Waals surface area contributed by atoms with Crippen LogP contribution in [0.2, 0.25) is 0 Å². The van der Waals surface area contributed by atoms with Gasteiger partial charge in [-0.1, -0.05) is 44.2 Å². The molecule has 0 heterocycles. The minimum Gasteiger partial charge on any atom is -0.480 e. The highest BCUT2D eigenvalue weighted by Crippen LogP contribution is 2.01. The van der Waals surface area contributed by atoms with Crippen LogP contribution in [0.3, 0.4) is 0 Å². The Morgan fingerprint density at radius 2 is 1.62 bits per heavy atom. The first kappa shape index (κ1) is 18.8. The van der Waals surface area contributed by atoms with E-state index in [1.165, 1.54) is 0 Å². The number of carboxylic acid groups (broad SMARTS) is 2. The van der Waals surface area contributed by atoms with Gasteiger partial charge in [0, 0.05) is 6.42 Å². The molecule has 6 nitrogen and oxygen atoms in total. The van der Waals surface area contributed by atoms with Gasteiger partial charge in [0.1, 0.15) is 6.04 Å². The fourth-order valence-electron chi connectivity index (χ4n) is 1.41. The lowest BCUT2D eigenvalue weighted by Gasteiger charge is -2.04. The molecule has 0 aliphatic heterocycles. The molecule has 0 aromatic heterocycles. The van der Waals surface area contributed by atoms with Crippen molar-refractivity contribution in [1.82, 2.24) is 0 Å². The molecule has 1 atom stereocenters. The van der Waals surface area contributed by atoms with Crippen LogP contribution in [0.4, 0.5) is 0 Å². The lowest BCUT2D eigenvalue weighted by molar-refractivity contribution is -0.149. The molecule has 0 saturated heterocycles. The van der Waals surface area contributed by atoms with E-state index in [-0.39, 0.29) is 12.3 Å². The molecule has 116 valence electrons. The number of Topliss-reactive ketones (excluding diaryl/α,β-unsaturated/α-hetero) is 1. The number of aliphatic carboxylic acids is 2. The number of carboxylic acids is 2. The van der Waals surface area contributed by atoms with Crippen molar-refractivity contribution < 1.29 is 24.6 Å². The minimum absolute atomic E-state index is 0.133. The maximum absolute atomic E-state index is 10.4. The Balaban J connectivity index is 0.000000400. The lowest BCUT2D eigenvalue weighted by Crippen LogP contribution is -2.32. The fraction of sp³-hybridized carbons (Fsp3) is 0.400. The van der Waals surface area contributed by atoms with Crippen molar-refractivity contribution in [3.05, 3.63) is 35.9 Å². The monoisotopic (exact) mass is 295 g/mol. The first-order valence-corrected chi connectivity index (χ1v) is 6.52. The zero-order valence-electron chi connectivity index (χ0n) is 12.2. The zero-order chi connectivity index (χ0) is 16.4. The van der Waals surface area contributed by atoms with Crippen LogP contribution in [-0.2, 0) is 20.8 Å². The standard InChI is InChI=1S/C9H11NO2.C6H10O3/c10-8(9(11)12)6-7-4-2-1-3-5-7;1-4(2)3-5(7)6(8)9/h1-5,8H,6,10H2,(H,11,12);4H,3H2,1-2H3,(H,8,9)/t8-;/m0./s1. The summed E-state index contributed by atoms with van der Waals surface area (Å²) in [6.07, 6.45) is 0.519. The molecular formula is C15H21NO5. The van der Waals surface area contributed by atoms with Crippen molar-refractivity contribution in [2.75, 3.05) is 0 Å². The van der Waals surface area contributed by atoms with Crippen LogP contribution in [-0.4, -0.2) is 34.0 Å². The molecule has 0 fully saturated rings. The quantitative estimate of drug-likeness (QED) is 0.681. The Morgan fingerprint density at radius 1 is 1.10 bits per heavy atom. The lowest BCUT2D eigenvalue weighted by atomic mass is 10.1. The van der Waals surface area contributed by atoms with E-state index < -0.39 is 23.8 Å². The number of carbonyl (C=O) groups excluding carboxylic acids is 1. The van der Waals surface area contributed by atoms with Gasteiger partial charge in [0.25, 0.3) is 0 Å². The Hall–Kier alpha value is -2.21. The summed E-state index contributed by atoms with van der Waals surface area (Å²) < 4.78 is 0. The molecular weight excluding hydrogens is 274 g/mol. The maximum atomic E-state index is 10.4. The number of nitrogens with two attached hydrogens (primary N) is 1. The van der Waals surface area contributed by atoms with E-state index in [1.807, 2.05) is 30.3 Å². The third-order valence-corrected chi connectivity index (χ3v) is 2.45. The average molecular weight is 295 g/mol. The van der Waals surface area contributed by atoms with Crippen molar-refractivity contribution in [1.29, 1.82) is 0 Å². The molecule has 4 N–H and O–H groups in total. The molecule has 0 unspecified atom stereocenters. The summed E-state index contributed by atoms with van der Waals surface area (Å²) in [7, 11) is 0. The van der Waals surface area contributed by atoms with Crippen LogP contribution in [0.25, 0.3) is 0 Å². The van der Waals surface area contributed by atoms with Crippen LogP contribution in [0.5, 0.6) is 0 Å². The SMILES string of the molecule is CC(C)CC(=O)C(=O)O.N[C@@H](Cc1ccccc1)C(=O)O. The average Bonchev–Trinajstić information content (AvgIpc) is 2.39. The van der Waals surface area contributed by atoms with Gasteiger partial charge in [-0.05, 0) is 17.9 Å². The molecule has 0 amide bonds. The van der Waals surface area contributed by atoms with E-state index in [9.17, 15) is 14.4 Å². The van der Waals surface area contributed by atoms with Gasteiger partial charge in [-0.3, -0.25) is 9.59 Å². The van der Waals surface area contributed by atoms with Gasteiger partial charge < -0.3 is 15.9 Å². The number of benzene rings is 1. The first-order chi connectivity index (χ1) is 9.73. The second-order valence-electron chi connectivity index (χ2n) is 4.96. The summed E-state index contributed by atoms with van der Waals surface area (Å²) in [5, 5.41) is 16.6. The minimum atomic E-state index is -1.33. The highest BCUT2D eigenvalue weighted by Gasteiger charge is 2.12. The summed E-state index contributed by atoms with van der Waals surface area (Å²) in [5.41, 5.74) is 6.30. The zero-order valence-corrected chi connectivity index (χ0v) is 12.2. The second kappa shape index (κ2) is 9.66. The topological polar surface area (TPSA) is 118 Å². The normalized spacial score (nSPS) is 11.2. The third-order valence-electron chi connectivity index (χ3n) is 2.45. The number of hydrogen-bond donors (Lipinski definition) is 3. The van der Waals surface area contributed by atoms with Gasteiger partial charge in [-0.2, -0.15) is 0 Å². The fourth-order valence-corrected chi connectivity index (χ4v) is 1.41. The van der Waals surface area contributed by atoms with E-state index in [4.69, 9.17) is 15.9 Å². The molecule has 0 bridgehead atoms. The summed E-state index contributed by atoms with van der Waals surface area (Å²) in [6.45, 7) is 3.61. The van der Waals surface area contributed by atoms with E-state index in [2.05, 4.69) is 0 Å². The first-order valence-electron chi connectivity index (χ1n) is 6.52. The maximum Gasteiger partial charge on any atom is 0.372 e. The molecule has 21 heavy (non-hydrogen) atoms. The summed E-state index contributed by atoms with van der Waals surface area (Å²) in [4.78, 5) is 30.6. The van der Waals surface area contributed by atoms with Gasteiger partial charge in [0.2, 0.25) is 5.78 Å². The highest BCUT2D eigenvalue weighted by atomic mass is 16.4. The van der Waals surface area contributed by atoms with E-state index in [0.717, 1.165) is 5.56 Å². The molecule has 0 spiro atoms. The molecule has 0 saturated carbocycles. The number of hydrogen-bond acceptors (Lipinski definition) is 4. The Labute approximate surface area is 123 Å². The number of carbonyl (C=O) groups is 3. The molecule has 0 radical (unpaired) electrons. The summed E-state index contributed by atoms with van der Waals surface area (Å²) in [6, 6.07) is 8.54. The van der Waals surface area contributed by atoms with Gasteiger partial charge in [-0.25, -0.2) is 4.79 Å². The predicted molar refractivity (Wildman–Crippen MR) is 77.9 cm³/mol. The van der Waals surface area contributed by atoms with Crippen molar-refractivity contribution in [3.8, 4) is 0 Å². The number of ketones is 1. The van der Waals surface area contributed by atoms with Crippen molar-refractivity contribution in [2.24, 2.45) is 11.7 Å². The molecule has 6 heteroatoms. The van der Waals surface area contributed by atoms with Crippen LogP contribution in [0.15, 0.2) is 30.3 Å². The molecule has 0 aliphatic carbocycles. The molecule has 1 aromatic rings. The van der Waals surface area contributed by atoms with Crippen molar-refractivity contribution in [3.63, 3.8) is 0 Å². The Morgan fingerprint density at radius 3 is 1.95 bits per heavy atom. The highest BCUT2D eigenvalue weighted by molar-refractivity contribution is 6.32. The molecule has 1 rings (SSSR count). The second-order valence-corrected chi connectivity index (χ2v) is 4.96. The van der Waals surface area contributed by atoms with E-state index in [0.29, 0.717) is 6.42 Å². The van der Waals surface area contributed by atoms with Crippen LogP contribution in [0, 0.1) is 5.92 Å². The Kier molecular flexibility index (Phi) is 8.64. The third kappa shape index (κ3) is 9.34. The van der Waals surface area contributed by atoms with Crippen LogP contribution in [0.1, 0.15) is 25.8 Å². The number of rotatable bonds is 6. The van der Waals surface area contributed by atoms with Gasteiger partial charge in [0.05, 0.1) is 0 Å². The largest absolute Gasteiger partial charge is 0.480 e. The summed E-state index contributed by atoms with van der Waals surface area (Å²) >= 11 is 0. The molecule has 0 aliphatic rings. The predicted octanol–water partition coefficient (Wildman–Crippen LogP) is 1.33. The summed E-state index contributed by atoms with van der Waals surface area (Å²) in [5.74, 6) is -2.86. The van der Waals surface area contributed by atoms with Crippen LogP contribution >= 0.6 is 0 Å². The smallest absolute Gasteiger partial charge is 0.372 e. The van der Waals surface area contributed by atoms with Gasteiger partial charge in [-0.15, -0.1) is 0 Å². The van der Waals surface area contributed by atoms with Crippen molar-refractivity contribution in [2.45, 2.75) is 32.7 Å². The van der Waals surface area contributed by atoms with Gasteiger partial charge >= 0.3 is 11.9 Å². The van der Waals surface area contributed by atoms with Gasteiger partial charge in [0.15, 0.2) is 0 Å². The van der Waals surface area contributed by atoms with Crippen molar-refractivity contribution >= 4 is 17.7 Å². The molecule has 1 aromatic carbocycles. The Bertz CT molecular complexity index is 470. The van der Waals surface area contributed by atoms with E-state index in [1.54, 1.807) is 13.8 Å². The van der Waals surface area contributed by atoms with E-state index >= 15 is 0 Å². The van der Waals surface area contributed by atoms with Crippen LogP contribution < -0.4 is 5.73 Å².